The second-order valence-corrected chi connectivity index (χ2v) is 14.8. The lowest BCUT2D eigenvalue weighted by atomic mass is 9.71. The van der Waals surface area contributed by atoms with Crippen LogP contribution in [0.2, 0.25) is 0 Å². The summed E-state index contributed by atoms with van der Waals surface area (Å²) >= 11 is 0. The third-order valence-electron chi connectivity index (χ3n) is 12.5. The molecule has 0 N–H and O–H groups in total. The van der Waals surface area contributed by atoms with Crippen LogP contribution in [-0.2, 0) is 20.5 Å². The van der Waals surface area contributed by atoms with Crippen LogP contribution >= 0.6 is 0 Å². The van der Waals surface area contributed by atoms with Crippen molar-refractivity contribution < 1.29 is 23.7 Å². The van der Waals surface area contributed by atoms with Gasteiger partial charge >= 0.3 is 0 Å². The Bertz CT molecular complexity index is 2270. The summed E-state index contributed by atoms with van der Waals surface area (Å²) in [6.07, 6.45) is 6.32. The average molecular weight is 734 g/mol. The van der Waals surface area contributed by atoms with Crippen molar-refractivity contribution in [3.05, 3.63) is 124 Å². The first-order valence-electron chi connectivity index (χ1n) is 19.5. The van der Waals surface area contributed by atoms with E-state index in [1.807, 2.05) is 6.07 Å². The highest BCUT2D eigenvalue weighted by molar-refractivity contribution is 6.10. The van der Waals surface area contributed by atoms with E-state index in [4.69, 9.17) is 30.3 Å². The van der Waals surface area contributed by atoms with Crippen LogP contribution in [0.5, 0.6) is 17.2 Å². The smallest absolute Gasteiger partial charge is 0.187 e. The van der Waals surface area contributed by atoms with Gasteiger partial charge in [0.1, 0.15) is 5.75 Å². The Morgan fingerprint density at radius 3 is 1.76 bits per heavy atom. The summed E-state index contributed by atoms with van der Waals surface area (Å²) in [6, 6.07) is 28.1. The summed E-state index contributed by atoms with van der Waals surface area (Å²) in [5.74, 6) is 2.12. The molecule has 280 valence electrons. The zero-order valence-electron chi connectivity index (χ0n) is 32.1. The normalized spacial score (nSPS) is 17.9. The standard InChI is InChI=1S/C47H47N3O5/c1-6-46(7-2)40-28-33(48-3)12-17-36(40)43-38-29-41(51-4)42(52-5)30-39(38)45-37(44(43)46)18-19-47(55-45,31-8-13-34(14-9-31)49-20-24-53-25-21-49)32-10-15-35(16-11-32)50-22-26-54-27-23-50/h8-19,28-30H,6-7,20-27H2,1-2,4-5H3. The van der Waals surface area contributed by atoms with E-state index >= 15 is 0 Å². The number of rotatable bonds is 8. The Morgan fingerprint density at radius 2 is 1.25 bits per heavy atom. The topological polar surface area (TPSA) is 57.0 Å². The average Bonchev–Trinajstić information content (AvgIpc) is 3.56. The highest BCUT2D eigenvalue weighted by Crippen LogP contribution is 2.61. The van der Waals surface area contributed by atoms with E-state index in [1.165, 1.54) is 28.1 Å². The molecule has 5 aromatic rings. The van der Waals surface area contributed by atoms with Gasteiger partial charge in [-0.25, -0.2) is 4.85 Å². The van der Waals surface area contributed by atoms with Gasteiger partial charge in [-0.3, -0.25) is 0 Å². The number of methoxy groups -OCH3 is 2. The van der Waals surface area contributed by atoms with Gasteiger partial charge in [-0.2, -0.15) is 0 Å². The van der Waals surface area contributed by atoms with Gasteiger partial charge in [0, 0.05) is 65.0 Å². The Morgan fingerprint density at radius 1 is 0.709 bits per heavy atom. The van der Waals surface area contributed by atoms with Gasteiger partial charge in [-0.1, -0.05) is 62.4 Å². The molecule has 3 aliphatic heterocycles. The van der Waals surface area contributed by atoms with E-state index in [2.05, 4.69) is 113 Å². The number of hydrogen-bond donors (Lipinski definition) is 0. The van der Waals surface area contributed by atoms with Gasteiger partial charge in [0.05, 0.1) is 47.2 Å². The van der Waals surface area contributed by atoms with Crippen molar-refractivity contribution in [2.24, 2.45) is 0 Å². The van der Waals surface area contributed by atoms with Crippen molar-refractivity contribution in [3.63, 3.8) is 0 Å². The molecule has 8 heteroatoms. The predicted molar refractivity (Wildman–Crippen MR) is 220 cm³/mol. The monoisotopic (exact) mass is 733 g/mol. The fourth-order valence-corrected chi connectivity index (χ4v) is 9.54. The van der Waals surface area contributed by atoms with Crippen molar-refractivity contribution in [1.29, 1.82) is 0 Å². The van der Waals surface area contributed by atoms with Crippen molar-refractivity contribution in [1.82, 2.24) is 0 Å². The summed E-state index contributed by atoms with van der Waals surface area (Å²) in [5, 5.41) is 2.00. The molecule has 9 rings (SSSR count). The van der Waals surface area contributed by atoms with E-state index in [0.29, 0.717) is 17.2 Å². The molecule has 8 nitrogen and oxygen atoms in total. The van der Waals surface area contributed by atoms with Gasteiger partial charge in [-0.05, 0) is 83.0 Å². The highest BCUT2D eigenvalue weighted by atomic mass is 16.5. The third kappa shape index (κ3) is 5.47. The van der Waals surface area contributed by atoms with Gasteiger partial charge < -0.3 is 33.5 Å². The molecule has 0 aromatic heterocycles. The first kappa shape index (κ1) is 35.2. The van der Waals surface area contributed by atoms with Gasteiger partial charge in [0.25, 0.3) is 0 Å². The second-order valence-electron chi connectivity index (χ2n) is 14.8. The largest absolute Gasteiger partial charge is 0.493 e. The van der Waals surface area contributed by atoms with Gasteiger partial charge in [0.2, 0.25) is 0 Å². The number of nitrogens with zero attached hydrogens (tertiary/aromatic N) is 3. The van der Waals surface area contributed by atoms with Gasteiger partial charge in [0.15, 0.2) is 22.8 Å². The number of hydrogen-bond acceptors (Lipinski definition) is 7. The molecule has 0 radical (unpaired) electrons. The van der Waals surface area contributed by atoms with E-state index in [0.717, 1.165) is 104 Å². The van der Waals surface area contributed by atoms with Crippen LogP contribution in [0.3, 0.4) is 0 Å². The maximum absolute atomic E-state index is 7.89. The van der Waals surface area contributed by atoms with E-state index in [-0.39, 0.29) is 5.41 Å². The fourth-order valence-electron chi connectivity index (χ4n) is 9.54. The molecule has 3 heterocycles. The number of benzene rings is 5. The summed E-state index contributed by atoms with van der Waals surface area (Å²) in [5.41, 5.74) is 9.71. The molecule has 2 saturated heterocycles. The Labute approximate surface area is 323 Å². The highest BCUT2D eigenvalue weighted by Gasteiger charge is 2.47. The van der Waals surface area contributed by atoms with Crippen molar-refractivity contribution in [2.45, 2.75) is 37.7 Å². The minimum atomic E-state index is -0.932. The van der Waals surface area contributed by atoms with Crippen molar-refractivity contribution in [2.75, 3.05) is 76.6 Å². The molecule has 0 amide bonds. The maximum Gasteiger partial charge on any atom is 0.187 e. The van der Waals surface area contributed by atoms with E-state index in [1.54, 1.807) is 14.2 Å². The zero-order valence-corrected chi connectivity index (χ0v) is 32.1. The van der Waals surface area contributed by atoms with Crippen LogP contribution in [-0.4, -0.2) is 66.8 Å². The third-order valence-corrected chi connectivity index (χ3v) is 12.5. The van der Waals surface area contributed by atoms with E-state index < -0.39 is 5.60 Å². The summed E-state index contributed by atoms with van der Waals surface area (Å²) < 4.78 is 30.9. The minimum absolute atomic E-state index is 0.315. The molecule has 0 atom stereocenters. The molecule has 4 aliphatic rings. The summed E-state index contributed by atoms with van der Waals surface area (Å²) in [7, 11) is 3.37. The Balaban J connectivity index is 1.29. The van der Waals surface area contributed by atoms with Crippen LogP contribution < -0.4 is 24.0 Å². The zero-order chi connectivity index (χ0) is 37.7. The van der Waals surface area contributed by atoms with Crippen molar-refractivity contribution in [3.8, 4) is 28.4 Å². The van der Waals surface area contributed by atoms with Crippen LogP contribution in [0, 0.1) is 6.57 Å². The maximum atomic E-state index is 7.89. The minimum Gasteiger partial charge on any atom is -0.493 e. The quantitative estimate of drug-likeness (QED) is 0.147. The number of morpholine rings is 2. The Kier molecular flexibility index (Phi) is 8.95. The molecule has 0 saturated carbocycles. The van der Waals surface area contributed by atoms with E-state index in [9.17, 15) is 0 Å². The first-order chi connectivity index (χ1) is 27.0. The second kappa shape index (κ2) is 14.0. The lowest BCUT2D eigenvalue weighted by Crippen LogP contribution is -2.37. The fraction of sp³-hybridized carbons (Fsp3) is 0.340. The molecular weight excluding hydrogens is 687 g/mol. The lowest BCUT2D eigenvalue weighted by Gasteiger charge is -2.40. The summed E-state index contributed by atoms with van der Waals surface area (Å²) in [4.78, 5) is 8.62. The van der Waals surface area contributed by atoms with Crippen LogP contribution in [0.25, 0.3) is 32.8 Å². The molecule has 1 aliphatic carbocycles. The SMILES string of the molecule is [C-]#[N+]c1ccc2c(c1)C(CC)(CC)c1c3c(c4cc(OC)c(OC)cc4c1-2)OC(c1ccc(N2CCOCC2)cc1)(c1ccc(N2CCOCC2)cc1)C=C3. The molecular formula is C47H47N3O5. The number of anilines is 2. The molecule has 5 aromatic carbocycles. The molecule has 2 fully saturated rings. The van der Waals surface area contributed by atoms with Crippen LogP contribution in [0.4, 0.5) is 17.1 Å². The first-order valence-corrected chi connectivity index (χ1v) is 19.5. The Hall–Kier alpha value is -5.49. The molecule has 0 bridgehead atoms. The number of fused-ring (bicyclic) bond motifs is 8. The molecule has 0 spiro atoms. The molecule has 0 unspecified atom stereocenters. The number of ether oxygens (including phenoxy) is 5. The summed E-state index contributed by atoms with van der Waals surface area (Å²) in [6.45, 7) is 18.8. The van der Waals surface area contributed by atoms with Crippen LogP contribution in [0.1, 0.15) is 54.5 Å². The van der Waals surface area contributed by atoms with Crippen LogP contribution in [0.15, 0.2) is 84.9 Å². The molecule has 55 heavy (non-hydrogen) atoms. The predicted octanol–water partition coefficient (Wildman–Crippen LogP) is 9.52. The van der Waals surface area contributed by atoms with Gasteiger partial charge in [-0.15, -0.1) is 0 Å². The van der Waals surface area contributed by atoms with Crippen molar-refractivity contribution >= 4 is 33.9 Å². The lowest BCUT2D eigenvalue weighted by molar-refractivity contribution is 0.122.